The van der Waals surface area contributed by atoms with Gasteiger partial charge in [0.15, 0.2) is 5.84 Å². The van der Waals surface area contributed by atoms with Crippen molar-refractivity contribution in [3.63, 3.8) is 0 Å². The van der Waals surface area contributed by atoms with E-state index in [0.717, 1.165) is 31.2 Å². The van der Waals surface area contributed by atoms with Crippen LogP contribution in [0, 0.1) is 0 Å². The summed E-state index contributed by atoms with van der Waals surface area (Å²) in [6.45, 7) is 0.673. The lowest BCUT2D eigenvalue weighted by Gasteiger charge is -2.36. The lowest BCUT2D eigenvalue weighted by molar-refractivity contribution is 0.119. The minimum atomic E-state index is -0.212. The van der Waals surface area contributed by atoms with Crippen molar-refractivity contribution in [1.29, 1.82) is 0 Å². The molecule has 1 fully saturated rings. The summed E-state index contributed by atoms with van der Waals surface area (Å²) in [5.41, 5.74) is 6.76. The van der Waals surface area contributed by atoms with E-state index in [1.807, 2.05) is 12.1 Å². The molecule has 0 aliphatic heterocycles. The SMILES string of the molecule is NC(=NO)c1ncccc1CNC1(CO)CCCCC1. The van der Waals surface area contributed by atoms with Gasteiger partial charge in [-0.2, -0.15) is 0 Å². The van der Waals surface area contributed by atoms with Crippen molar-refractivity contribution in [3.05, 3.63) is 29.6 Å². The lowest BCUT2D eigenvalue weighted by atomic mass is 9.82. The fourth-order valence-electron chi connectivity index (χ4n) is 2.76. The Morgan fingerprint density at radius 1 is 1.40 bits per heavy atom. The smallest absolute Gasteiger partial charge is 0.189 e. The predicted molar refractivity (Wildman–Crippen MR) is 76.5 cm³/mol. The zero-order valence-corrected chi connectivity index (χ0v) is 11.5. The van der Waals surface area contributed by atoms with Gasteiger partial charge in [0.05, 0.1) is 6.61 Å². The van der Waals surface area contributed by atoms with E-state index in [2.05, 4.69) is 15.5 Å². The van der Waals surface area contributed by atoms with Crippen LogP contribution in [-0.2, 0) is 6.54 Å². The van der Waals surface area contributed by atoms with Gasteiger partial charge < -0.3 is 21.4 Å². The van der Waals surface area contributed by atoms with Gasteiger partial charge in [0.1, 0.15) is 5.69 Å². The molecule has 0 unspecified atom stereocenters. The van der Waals surface area contributed by atoms with Crippen LogP contribution in [0.15, 0.2) is 23.5 Å². The van der Waals surface area contributed by atoms with Crippen LogP contribution in [0.4, 0.5) is 0 Å². The molecule has 1 aliphatic rings. The number of hydrogen-bond donors (Lipinski definition) is 4. The molecular weight excluding hydrogens is 256 g/mol. The Bertz CT molecular complexity index is 470. The number of rotatable bonds is 5. The maximum absolute atomic E-state index is 9.68. The average molecular weight is 278 g/mol. The molecule has 1 aromatic rings. The third kappa shape index (κ3) is 3.26. The van der Waals surface area contributed by atoms with Gasteiger partial charge >= 0.3 is 0 Å². The van der Waals surface area contributed by atoms with Gasteiger partial charge in [0, 0.05) is 18.3 Å². The number of aliphatic hydroxyl groups is 1. The monoisotopic (exact) mass is 278 g/mol. The van der Waals surface area contributed by atoms with Crippen LogP contribution in [0.25, 0.3) is 0 Å². The summed E-state index contributed by atoms with van der Waals surface area (Å²) in [4.78, 5) is 4.14. The van der Waals surface area contributed by atoms with E-state index in [1.54, 1.807) is 6.20 Å². The Labute approximate surface area is 118 Å². The highest BCUT2D eigenvalue weighted by molar-refractivity contribution is 5.96. The molecular formula is C14H22N4O2. The van der Waals surface area contributed by atoms with Crippen molar-refractivity contribution in [1.82, 2.24) is 10.3 Å². The molecule has 0 bridgehead atoms. The van der Waals surface area contributed by atoms with E-state index < -0.39 is 0 Å². The van der Waals surface area contributed by atoms with E-state index in [-0.39, 0.29) is 18.0 Å². The molecule has 6 nitrogen and oxygen atoms in total. The Hall–Kier alpha value is -1.66. The second kappa shape index (κ2) is 6.67. The molecule has 5 N–H and O–H groups in total. The molecule has 1 heterocycles. The predicted octanol–water partition coefficient (Wildman–Crippen LogP) is 0.961. The highest BCUT2D eigenvalue weighted by atomic mass is 16.4. The average Bonchev–Trinajstić information content (AvgIpc) is 2.53. The minimum absolute atomic E-state index is 0.00379. The van der Waals surface area contributed by atoms with Crippen molar-refractivity contribution >= 4 is 5.84 Å². The zero-order valence-electron chi connectivity index (χ0n) is 11.5. The summed E-state index contributed by atoms with van der Waals surface area (Å²) < 4.78 is 0. The van der Waals surface area contributed by atoms with Gasteiger partial charge in [0.2, 0.25) is 0 Å². The van der Waals surface area contributed by atoms with Crippen molar-refractivity contribution in [2.75, 3.05) is 6.61 Å². The van der Waals surface area contributed by atoms with Gasteiger partial charge in [-0.1, -0.05) is 30.5 Å². The van der Waals surface area contributed by atoms with Crippen molar-refractivity contribution < 1.29 is 10.3 Å². The number of oxime groups is 1. The number of hydrogen-bond acceptors (Lipinski definition) is 5. The Kier molecular flexibility index (Phi) is 4.92. The van der Waals surface area contributed by atoms with Gasteiger partial charge in [0.25, 0.3) is 0 Å². The molecule has 20 heavy (non-hydrogen) atoms. The van der Waals surface area contributed by atoms with Crippen molar-refractivity contribution in [2.24, 2.45) is 10.9 Å². The first kappa shape index (κ1) is 14.7. The lowest BCUT2D eigenvalue weighted by Crippen LogP contribution is -2.49. The van der Waals surface area contributed by atoms with Crippen LogP contribution >= 0.6 is 0 Å². The Morgan fingerprint density at radius 2 is 2.15 bits per heavy atom. The van der Waals surface area contributed by atoms with E-state index >= 15 is 0 Å². The van der Waals surface area contributed by atoms with E-state index in [0.29, 0.717) is 12.2 Å². The standard InChI is InChI=1S/C14H22N4O2/c15-13(18-20)12-11(5-4-8-16-12)9-17-14(10-19)6-2-1-3-7-14/h4-5,8,17,19-20H,1-3,6-7,9-10H2,(H2,15,18). The first-order valence-corrected chi connectivity index (χ1v) is 6.98. The molecule has 6 heteroatoms. The van der Waals surface area contributed by atoms with Crippen LogP contribution in [0.5, 0.6) is 0 Å². The summed E-state index contributed by atoms with van der Waals surface area (Å²) in [5, 5.41) is 24.9. The highest BCUT2D eigenvalue weighted by Crippen LogP contribution is 2.28. The summed E-state index contributed by atoms with van der Waals surface area (Å²) in [5.74, 6) is 0.00379. The van der Waals surface area contributed by atoms with E-state index in [4.69, 9.17) is 10.9 Å². The number of nitrogens with one attached hydrogen (secondary N) is 1. The Balaban J connectivity index is 2.10. The third-order valence-electron chi connectivity index (χ3n) is 4.01. The number of nitrogens with zero attached hydrogens (tertiary/aromatic N) is 2. The van der Waals surface area contributed by atoms with E-state index in [1.165, 1.54) is 6.42 Å². The van der Waals surface area contributed by atoms with Crippen LogP contribution in [0.3, 0.4) is 0 Å². The molecule has 110 valence electrons. The number of nitrogens with two attached hydrogens (primary N) is 1. The van der Waals surface area contributed by atoms with E-state index in [9.17, 15) is 5.11 Å². The molecule has 1 aliphatic carbocycles. The summed E-state index contributed by atoms with van der Waals surface area (Å²) in [6.07, 6.45) is 7.05. The summed E-state index contributed by atoms with van der Waals surface area (Å²) in [6, 6.07) is 3.71. The van der Waals surface area contributed by atoms with Gasteiger partial charge in [-0.05, 0) is 24.5 Å². The Morgan fingerprint density at radius 3 is 2.80 bits per heavy atom. The number of pyridine rings is 1. The molecule has 0 spiro atoms. The minimum Gasteiger partial charge on any atom is -0.409 e. The molecule has 0 amide bonds. The molecule has 1 saturated carbocycles. The topological polar surface area (TPSA) is 104 Å². The van der Waals surface area contributed by atoms with Crippen LogP contribution in [0.1, 0.15) is 43.4 Å². The molecule has 1 aromatic heterocycles. The molecule has 2 rings (SSSR count). The maximum Gasteiger partial charge on any atom is 0.189 e. The fraction of sp³-hybridized carbons (Fsp3) is 0.571. The molecule has 0 saturated heterocycles. The largest absolute Gasteiger partial charge is 0.409 e. The van der Waals surface area contributed by atoms with Crippen LogP contribution < -0.4 is 11.1 Å². The van der Waals surface area contributed by atoms with Crippen LogP contribution in [0.2, 0.25) is 0 Å². The van der Waals surface area contributed by atoms with Crippen LogP contribution in [-0.4, -0.2) is 33.3 Å². The van der Waals surface area contributed by atoms with Crippen molar-refractivity contribution in [2.45, 2.75) is 44.2 Å². The third-order valence-corrected chi connectivity index (χ3v) is 4.01. The summed E-state index contributed by atoms with van der Waals surface area (Å²) >= 11 is 0. The normalized spacial score (nSPS) is 18.9. The molecule has 0 atom stereocenters. The van der Waals surface area contributed by atoms with Crippen molar-refractivity contribution in [3.8, 4) is 0 Å². The maximum atomic E-state index is 9.68. The molecule has 0 radical (unpaired) electrons. The zero-order chi connectivity index (χ0) is 14.4. The quantitative estimate of drug-likeness (QED) is 0.278. The first-order valence-electron chi connectivity index (χ1n) is 6.98. The highest BCUT2D eigenvalue weighted by Gasteiger charge is 2.30. The number of amidine groups is 1. The number of aromatic nitrogens is 1. The van der Waals surface area contributed by atoms with Gasteiger partial charge in [-0.25, -0.2) is 0 Å². The second-order valence-corrected chi connectivity index (χ2v) is 5.35. The second-order valence-electron chi connectivity index (χ2n) is 5.35. The summed E-state index contributed by atoms with van der Waals surface area (Å²) in [7, 11) is 0. The van der Waals surface area contributed by atoms with Gasteiger partial charge in [-0.3, -0.25) is 4.98 Å². The van der Waals surface area contributed by atoms with Gasteiger partial charge in [-0.15, -0.1) is 0 Å². The fourth-order valence-corrected chi connectivity index (χ4v) is 2.76. The molecule has 0 aromatic carbocycles. The number of aliphatic hydroxyl groups excluding tert-OH is 1. The first-order chi connectivity index (χ1) is 9.71.